The molecule has 0 aromatic rings. The SMILES string of the molecule is CC(CCCO)C1CCCN(C(=O)OC(C)(C)C)C1. The Morgan fingerprint density at radius 3 is 2.74 bits per heavy atom. The molecule has 2 atom stereocenters. The van der Waals surface area contributed by atoms with E-state index in [9.17, 15) is 4.79 Å². The smallest absolute Gasteiger partial charge is 0.410 e. The summed E-state index contributed by atoms with van der Waals surface area (Å²) in [5.41, 5.74) is -0.424. The van der Waals surface area contributed by atoms with Crippen molar-refractivity contribution in [1.29, 1.82) is 0 Å². The van der Waals surface area contributed by atoms with E-state index in [2.05, 4.69) is 6.92 Å². The van der Waals surface area contributed by atoms with Crippen LogP contribution in [0.5, 0.6) is 0 Å². The number of carbonyl (C=O) groups excluding carboxylic acids is 1. The molecule has 1 N–H and O–H groups in total. The Balaban J connectivity index is 2.47. The molecular formula is C15H29NO3. The average Bonchev–Trinajstić information content (AvgIpc) is 2.34. The molecule has 0 aromatic heterocycles. The Labute approximate surface area is 117 Å². The van der Waals surface area contributed by atoms with E-state index in [1.807, 2.05) is 25.7 Å². The van der Waals surface area contributed by atoms with Crippen LogP contribution in [-0.4, -0.2) is 41.4 Å². The minimum absolute atomic E-state index is 0.188. The summed E-state index contributed by atoms with van der Waals surface area (Å²) < 4.78 is 5.43. The van der Waals surface area contributed by atoms with E-state index in [4.69, 9.17) is 9.84 Å². The van der Waals surface area contributed by atoms with Gasteiger partial charge in [-0.1, -0.05) is 6.92 Å². The zero-order valence-electron chi connectivity index (χ0n) is 12.8. The van der Waals surface area contributed by atoms with Gasteiger partial charge in [-0.3, -0.25) is 0 Å². The summed E-state index contributed by atoms with van der Waals surface area (Å²) in [5, 5.41) is 8.90. The molecule has 1 aliphatic heterocycles. The van der Waals surface area contributed by atoms with Crippen molar-refractivity contribution in [2.75, 3.05) is 19.7 Å². The first kappa shape index (κ1) is 16.3. The van der Waals surface area contributed by atoms with Crippen molar-refractivity contribution in [3.8, 4) is 0 Å². The largest absolute Gasteiger partial charge is 0.444 e. The number of nitrogens with zero attached hydrogens (tertiary/aromatic N) is 1. The van der Waals surface area contributed by atoms with E-state index >= 15 is 0 Å². The first-order chi connectivity index (χ1) is 8.83. The molecule has 1 heterocycles. The van der Waals surface area contributed by atoms with E-state index in [0.29, 0.717) is 11.8 Å². The lowest BCUT2D eigenvalue weighted by Crippen LogP contribution is -2.44. The third-order valence-electron chi connectivity index (χ3n) is 3.73. The van der Waals surface area contributed by atoms with Gasteiger partial charge in [-0.15, -0.1) is 0 Å². The van der Waals surface area contributed by atoms with Crippen molar-refractivity contribution >= 4 is 6.09 Å². The first-order valence-corrected chi connectivity index (χ1v) is 7.42. The van der Waals surface area contributed by atoms with Crippen LogP contribution < -0.4 is 0 Å². The number of piperidine rings is 1. The minimum Gasteiger partial charge on any atom is -0.444 e. The van der Waals surface area contributed by atoms with Gasteiger partial charge in [0.25, 0.3) is 0 Å². The van der Waals surface area contributed by atoms with Crippen molar-refractivity contribution in [2.45, 2.75) is 59.0 Å². The lowest BCUT2D eigenvalue weighted by Gasteiger charge is -2.36. The molecule has 0 bridgehead atoms. The van der Waals surface area contributed by atoms with Crippen LogP contribution >= 0.6 is 0 Å². The molecule has 112 valence electrons. The van der Waals surface area contributed by atoms with Crippen LogP contribution in [0.15, 0.2) is 0 Å². The second kappa shape index (κ2) is 7.13. The van der Waals surface area contributed by atoms with E-state index in [1.165, 1.54) is 6.42 Å². The second-order valence-corrected chi connectivity index (χ2v) is 6.67. The third kappa shape index (κ3) is 5.81. The molecule has 1 amide bonds. The van der Waals surface area contributed by atoms with Crippen LogP contribution in [0.2, 0.25) is 0 Å². The van der Waals surface area contributed by atoms with Crippen LogP contribution in [0.4, 0.5) is 4.79 Å². The maximum Gasteiger partial charge on any atom is 0.410 e. The molecule has 1 saturated heterocycles. The highest BCUT2D eigenvalue weighted by Gasteiger charge is 2.29. The summed E-state index contributed by atoms with van der Waals surface area (Å²) in [7, 11) is 0. The maximum atomic E-state index is 12.1. The molecule has 0 aromatic carbocycles. The molecule has 1 fully saturated rings. The Bertz CT molecular complexity index is 286. The van der Waals surface area contributed by atoms with Crippen molar-refractivity contribution < 1.29 is 14.6 Å². The highest BCUT2D eigenvalue weighted by atomic mass is 16.6. The molecule has 0 radical (unpaired) electrons. The van der Waals surface area contributed by atoms with Gasteiger partial charge in [0, 0.05) is 19.7 Å². The molecule has 2 unspecified atom stereocenters. The third-order valence-corrected chi connectivity index (χ3v) is 3.73. The van der Waals surface area contributed by atoms with Gasteiger partial charge in [-0.05, 0) is 58.3 Å². The topological polar surface area (TPSA) is 49.8 Å². The highest BCUT2D eigenvalue weighted by Crippen LogP contribution is 2.27. The molecular weight excluding hydrogens is 242 g/mol. The lowest BCUT2D eigenvalue weighted by atomic mass is 9.84. The fourth-order valence-electron chi connectivity index (χ4n) is 2.62. The van der Waals surface area contributed by atoms with Gasteiger partial charge < -0.3 is 14.7 Å². The predicted octanol–water partition coefficient (Wildman–Crippen LogP) is 3.04. The second-order valence-electron chi connectivity index (χ2n) is 6.67. The number of hydrogen-bond acceptors (Lipinski definition) is 3. The number of carbonyl (C=O) groups is 1. The van der Waals surface area contributed by atoms with Crippen LogP contribution in [-0.2, 0) is 4.74 Å². The van der Waals surface area contributed by atoms with Gasteiger partial charge in [0.1, 0.15) is 5.60 Å². The van der Waals surface area contributed by atoms with Crippen LogP contribution in [0.3, 0.4) is 0 Å². The number of aliphatic hydroxyl groups is 1. The predicted molar refractivity (Wildman–Crippen MR) is 76.0 cm³/mol. The monoisotopic (exact) mass is 271 g/mol. The van der Waals surface area contributed by atoms with E-state index in [-0.39, 0.29) is 12.7 Å². The zero-order valence-corrected chi connectivity index (χ0v) is 12.8. The van der Waals surface area contributed by atoms with Crippen molar-refractivity contribution in [3.05, 3.63) is 0 Å². The molecule has 19 heavy (non-hydrogen) atoms. The summed E-state index contributed by atoms with van der Waals surface area (Å²) in [5.74, 6) is 1.09. The number of rotatable bonds is 4. The summed E-state index contributed by atoms with van der Waals surface area (Å²) in [4.78, 5) is 13.9. The lowest BCUT2D eigenvalue weighted by molar-refractivity contribution is 0.0130. The van der Waals surface area contributed by atoms with Gasteiger partial charge in [-0.2, -0.15) is 0 Å². The zero-order chi connectivity index (χ0) is 14.5. The molecule has 0 aliphatic carbocycles. The minimum atomic E-state index is -0.424. The van der Waals surface area contributed by atoms with Crippen molar-refractivity contribution in [1.82, 2.24) is 4.90 Å². The van der Waals surface area contributed by atoms with E-state index in [1.54, 1.807) is 0 Å². The molecule has 1 aliphatic rings. The maximum absolute atomic E-state index is 12.1. The van der Waals surface area contributed by atoms with Gasteiger partial charge >= 0.3 is 6.09 Å². The summed E-state index contributed by atoms with van der Waals surface area (Å²) in [6.07, 6.45) is 3.92. The number of aliphatic hydroxyl groups excluding tert-OH is 1. The van der Waals surface area contributed by atoms with Crippen LogP contribution in [0, 0.1) is 11.8 Å². The molecule has 4 nitrogen and oxygen atoms in total. The van der Waals surface area contributed by atoms with Crippen molar-refractivity contribution in [2.24, 2.45) is 11.8 Å². The molecule has 4 heteroatoms. The van der Waals surface area contributed by atoms with Gasteiger partial charge in [0.2, 0.25) is 0 Å². The normalized spacial score (nSPS) is 22.2. The molecule has 0 saturated carbocycles. The van der Waals surface area contributed by atoms with Crippen LogP contribution in [0.25, 0.3) is 0 Å². The Morgan fingerprint density at radius 2 is 2.16 bits per heavy atom. The first-order valence-electron chi connectivity index (χ1n) is 7.42. The van der Waals surface area contributed by atoms with E-state index in [0.717, 1.165) is 32.4 Å². The van der Waals surface area contributed by atoms with E-state index < -0.39 is 5.60 Å². The fraction of sp³-hybridized carbons (Fsp3) is 0.933. The molecule has 1 rings (SSSR count). The summed E-state index contributed by atoms with van der Waals surface area (Å²) >= 11 is 0. The number of amides is 1. The van der Waals surface area contributed by atoms with Crippen molar-refractivity contribution in [3.63, 3.8) is 0 Å². The summed E-state index contributed by atoms with van der Waals surface area (Å²) in [6, 6.07) is 0. The van der Waals surface area contributed by atoms with Crippen LogP contribution in [0.1, 0.15) is 53.4 Å². The Kier molecular flexibility index (Phi) is 6.11. The highest BCUT2D eigenvalue weighted by molar-refractivity contribution is 5.68. The fourth-order valence-corrected chi connectivity index (χ4v) is 2.62. The number of likely N-dealkylation sites (tertiary alicyclic amines) is 1. The van der Waals surface area contributed by atoms with Gasteiger partial charge in [0.15, 0.2) is 0 Å². The Hall–Kier alpha value is -0.770. The van der Waals surface area contributed by atoms with Gasteiger partial charge in [0.05, 0.1) is 0 Å². The quantitative estimate of drug-likeness (QED) is 0.855. The summed E-state index contributed by atoms with van der Waals surface area (Å²) in [6.45, 7) is 9.77. The standard InChI is InChI=1S/C15H29NO3/c1-12(7-6-10-17)13-8-5-9-16(11-13)14(18)19-15(2,3)4/h12-13,17H,5-11H2,1-4H3. The van der Waals surface area contributed by atoms with Gasteiger partial charge in [-0.25, -0.2) is 4.79 Å². The number of hydrogen-bond donors (Lipinski definition) is 1. The molecule has 0 spiro atoms. The number of ether oxygens (including phenoxy) is 1. The average molecular weight is 271 g/mol. The Morgan fingerprint density at radius 1 is 1.47 bits per heavy atom.